The van der Waals surface area contributed by atoms with Gasteiger partial charge < -0.3 is 30.3 Å². The number of rotatable bonds is 2. The lowest BCUT2D eigenvalue weighted by Crippen LogP contribution is -2.55. The van der Waals surface area contributed by atoms with E-state index in [1.54, 1.807) is 0 Å². The first-order valence-electron chi connectivity index (χ1n) is 3.90. The minimum atomic E-state index is -1.41. The first-order valence-corrected chi connectivity index (χ1v) is 3.90. The second-order valence-corrected chi connectivity index (χ2v) is 2.96. The molecule has 1 radical (unpaired) electrons. The molecule has 0 amide bonds. The summed E-state index contributed by atoms with van der Waals surface area (Å²) in [5.74, 6) is 0. The van der Waals surface area contributed by atoms with Gasteiger partial charge in [-0.15, -0.1) is 0 Å². The van der Waals surface area contributed by atoms with E-state index in [2.05, 4.69) is 0 Å². The van der Waals surface area contributed by atoms with Gasteiger partial charge >= 0.3 is 0 Å². The highest BCUT2D eigenvalue weighted by atomic mass is 16.5. The van der Waals surface area contributed by atoms with E-state index in [4.69, 9.17) is 25.2 Å². The molecule has 77 valence electrons. The molecule has 0 saturated carbocycles. The fourth-order valence-electron chi connectivity index (χ4n) is 1.15. The molecule has 0 aromatic rings. The first kappa shape index (κ1) is 10.8. The Morgan fingerprint density at radius 2 is 1.85 bits per heavy atom. The summed E-state index contributed by atoms with van der Waals surface area (Å²) in [6, 6.07) is 0. The largest absolute Gasteiger partial charge is 0.394 e. The summed E-state index contributed by atoms with van der Waals surface area (Å²) in [6.07, 6.45) is -6.49. The standard InChI is InChI=1S/C7H13O6/c8-1-3(9)7-6(12)5(11)4(10)2-13-7/h2-12H,1H2/t3-,4-,5+,6-,7+/m0/s1. The van der Waals surface area contributed by atoms with Gasteiger partial charge in [0.2, 0.25) is 0 Å². The Balaban J connectivity index is 2.58. The molecule has 1 aliphatic heterocycles. The van der Waals surface area contributed by atoms with Gasteiger partial charge in [0.15, 0.2) is 0 Å². The van der Waals surface area contributed by atoms with E-state index in [1.165, 1.54) is 0 Å². The van der Waals surface area contributed by atoms with E-state index in [-0.39, 0.29) is 0 Å². The van der Waals surface area contributed by atoms with Crippen molar-refractivity contribution in [3.8, 4) is 0 Å². The van der Waals surface area contributed by atoms with Crippen LogP contribution in [0.25, 0.3) is 0 Å². The Bertz CT molecular complexity index is 163. The molecular weight excluding hydrogens is 180 g/mol. The highest BCUT2D eigenvalue weighted by Gasteiger charge is 2.41. The van der Waals surface area contributed by atoms with Gasteiger partial charge in [-0.1, -0.05) is 0 Å². The fraction of sp³-hybridized carbons (Fsp3) is 0.857. The van der Waals surface area contributed by atoms with E-state index in [0.717, 1.165) is 6.61 Å². The van der Waals surface area contributed by atoms with E-state index in [1.807, 2.05) is 0 Å². The molecule has 6 nitrogen and oxygen atoms in total. The van der Waals surface area contributed by atoms with E-state index in [9.17, 15) is 5.11 Å². The van der Waals surface area contributed by atoms with Gasteiger partial charge in [0, 0.05) is 0 Å². The zero-order chi connectivity index (χ0) is 10.0. The van der Waals surface area contributed by atoms with Gasteiger partial charge in [-0.3, -0.25) is 0 Å². The van der Waals surface area contributed by atoms with E-state index < -0.39 is 37.1 Å². The topological polar surface area (TPSA) is 110 Å². The number of aliphatic hydroxyl groups is 5. The molecule has 0 aromatic carbocycles. The second-order valence-electron chi connectivity index (χ2n) is 2.96. The van der Waals surface area contributed by atoms with Crippen molar-refractivity contribution < 1.29 is 30.3 Å². The summed E-state index contributed by atoms with van der Waals surface area (Å²) >= 11 is 0. The predicted molar refractivity (Wildman–Crippen MR) is 40.3 cm³/mol. The molecule has 1 rings (SSSR count). The minimum Gasteiger partial charge on any atom is -0.394 e. The number of hydrogen-bond acceptors (Lipinski definition) is 6. The molecule has 1 heterocycles. The second kappa shape index (κ2) is 4.32. The third-order valence-corrected chi connectivity index (χ3v) is 1.98. The molecule has 0 spiro atoms. The van der Waals surface area contributed by atoms with Gasteiger partial charge in [0.25, 0.3) is 0 Å². The van der Waals surface area contributed by atoms with Crippen LogP contribution in [-0.2, 0) is 4.74 Å². The average molecular weight is 193 g/mol. The van der Waals surface area contributed by atoms with Crippen LogP contribution in [0.15, 0.2) is 0 Å². The lowest BCUT2D eigenvalue weighted by atomic mass is 9.97. The van der Waals surface area contributed by atoms with Crippen molar-refractivity contribution in [1.29, 1.82) is 0 Å². The Kier molecular flexibility index (Phi) is 3.60. The maximum absolute atomic E-state index is 9.28. The minimum absolute atomic E-state index is 0.585. The van der Waals surface area contributed by atoms with Gasteiger partial charge in [-0.25, -0.2) is 0 Å². The van der Waals surface area contributed by atoms with Crippen molar-refractivity contribution in [1.82, 2.24) is 0 Å². The summed E-state index contributed by atoms with van der Waals surface area (Å²) in [7, 11) is 0. The Morgan fingerprint density at radius 3 is 2.38 bits per heavy atom. The summed E-state index contributed by atoms with van der Waals surface area (Å²) in [5, 5.41) is 45.1. The summed E-state index contributed by atoms with van der Waals surface area (Å²) in [6.45, 7) is 0.333. The fourth-order valence-corrected chi connectivity index (χ4v) is 1.15. The van der Waals surface area contributed by atoms with Gasteiger partial charge in [-0.05, 0) is 0 Å². The Morgan fingerprint density at radius 1 is 1.23 bits per heavy atom. The van der Waals surface area contributed by atoms with Crippen LogP contribution in [0, 0.1) is 6.61 Å². The molecular formula is C7H13O6. The molecule has 5 atom stereocenters. The predicted octanol–water partition coefficient (Wildman–Crippen LogP) is -3.02. The quantitative estimate of drug-likeness (QED) is 0.319. The molecule has 0 aromatic heterocycles. The van der Waals surface area contributed by atoms with Crippen LogP contribution < -0.4 is 0 Å². The smallest absolute Gasteiger partial charge is 0.115 e. The summed E-state index contributed by atoms with van der Waals surface area (Å²) in [4.78, 5) is 0. The van der Waals surface area contributed by atoms with Crippen LogP contribution in [0.3, 0.4) is 0 Å². The van der Waals surface area contributed by atoms with Gasteiger partial charge in [-0.2, -0.15) is 0 Å². The zero-order valence-electron chi connectivity index (χ0n) is 6.82. The maximum atomic E-state index is 9.28. The first-order chi connectivity index (χ1) is 6.07. The molecule has 1 aliphatic rings. The van der Waals surface area contributed by atoms with Crippen LogP contribution in [0.5, 0.6) is 0 Å². The van der Waals surface area contributed by atoms with E-state index in [0.29, 0.717) is 0 Å². The van der Waals surface area contributed by atoms with Crippen molar-refractivity contribution in [3.05, 3.63) is 6.61 Å². The summed E-state index contributed by atoms with van der Waals surface area (Å²) < 4.78 is 4.73. The highest BCUT2D eigenvalue weighted by molar-refractivity contribution is 4.94. The molecule has 1 fully saturated rings. The van der Waals surface area contributed by atoms with Crippen molar-refractivity contribution in [2.75, 3.05) is 6.61 Å². The van der Waals surface area contributed by atoms with Crippen molar-refractivity contribution in [2.45, 2.75) is 30.5 Å². The molecule has 0 aliphatic carbocycles. The normalized spacial score (nSPS) is 43.2. The third-order valence-electron chi connectivity index (χ3n) is 1.98. The van der Waals surface area contributed by atoms with Crippen LogP contribution in [0.1, 0.15) is 0 Å². The number of hydrogen-bond donors (Lipinski definition) is 5. The Hall–Kier alpha value is -0.240. The lowest BCUT2D eigenvalue weighted by Gasteiger charge is -2.36. The van der Waals surface area contributed by atoms with Crippen LogP contribution in [0.4, 0.5) is 0 Å². The van der Waals surface area contributed by atoms with Crippen LogP contribution >= 0.6 is 0 Å². The van der Waals surface area contributed by atoms with Gasteiger partial charge in [0.05, 0.1) is 6.61 Å². The molecule has 1 saturated heterocycles. The molecule has 6 heteroatoms. The van der Waals surface area contributed by atoms with E-state index >= 15 is 0 Å². The average Bonchev–Trinajstić information content (AvgIpc) is 2.13. The number of aliphatic hydroxyl groups excluding tert-OH is 5. The SMILES string of the molecule is OC[C@H](O)[C@H]1O[CH][C@H](O)[C@@H](O)[C@@H]1O. The molecule has 13 heavy (non-hydrogen) atoms. The van der Waals surface area contributed by atoms with Crippen molar-refractivity contribution in [2.24, 2.45) is 0 Å². The molecule has 5 N–H and O–H groups in total. The number of ether oxygens (including phenoxy) is 1. The molecule has 0 unspecified atom stereocenters. The third kappa shape index (κ3) is 2.16. The monoisotopic (exact) mass is 193 g/mol. The molecule has 0 bridgehead atoms. The van der Waals surface area contributed by atoms with Gasteiger partial charge in [0.1, 0.15) is 37.1 Å². The zero-order valence-corrected chi connectivity index (χ0v) is 6.82. The maximum Gasteiger partial charge on any atom is 0.115 e. The Labute approximate surface area is 75.0 Å². The van der Waals surface area contributed by atoms with Crippen molar-refractivity contribution >= 4 is 0 Å². The van der Waals surface area contributed by atoms with Crippen molar-refractivity contribution in [3.63, 3.8) is 0 Å². The lowest BCUT2D eigenvalue weighted by molar-refractivity contribution is -0.191. The van der Waals surface area contributed by atoms with Crippen LogP contribution in [0.2, 0.25) is 0 Å². The highest BCUT2D eigenvalue weighted by Crippen LogP contribution is 2.20. The summed E-state index contributed by atoms with van der Waals surface area (Å²) in [5.41, 5.74) is 0. The van der Waals surface area contributed by atoms with Crippen LogP contribution in [-0.4, -0.2) is 62.7 Å².